The minimum atomic E-state index is -4.33. The summed E-state index contributed by atoms with van der Waals surface area (Å²) in [5.41, 5.74) is 7.62. The first-order chi connectivity index (χ1) is 13.2. The number of aromatic nitrogens is 3. The summed E-state index contributed by atoms with van der Waals surface area (Å²) in [5.74, 6) is 0.583. The maximum Gasteiger partial charge on any atom is 0.416 e. The Bertz CT molecular complexity index is 897. The number of benzene rings is 2. The van der Waals surface area contributed by atoms with Crippen molar-refractivity contribution in [3.05, 3.63) is 53.1 Å². The van der Waals surface area contributed by atoms with Crippen LogP contribution in [-0.4, -0.2) is 15.2 Å². The standard InChI is InChI=1S/C17H16F3N5S.C2H6/c1-9-7-12(22-16-23-15(21)24-25-16)8-10(2)14(9)26-13-5-3-11(4-6-13)17(18,19)20;1-2/h3-8H,1-2H3,(H4,21,22,23,24,25);1-2H3. The number of aryl methyl sites for hydroxylation is 2. The van der Waals surface area contributed by atoms with Crippen LogP contribution in [0.2, 0.25) is 0 Å². The Hall–Kier alpha value is -2.68. The third kappa shape index (κ3) is 5.41. The Morgan fingerprint density at radius 2 is 1.61 bits per heavy atom. The normalized spacial score (nSPS) is 11.0. The van der Waals surface area contributed by atoms with Crippen molar-refractivity contribution >= 4 is 29.3 Å². The zero-order valence-corrected chi connectivity index (χ0v) is 16.8. The molecule has 0 spiro atoms. The number of H-pyrrole nitrogens is 1. The summed E-state index contributed by atoms with van der Waals surface area (Å²) < 4.78 is 38.0. The maximum atomic E-state index is 12.7. The molecule has 150 valence electrons. The van der Waals surface area contributed by atoms with E-state index in [1.165, 1.54) is 23.9 Å². The van der Waals surface area contributed by atoms with Crippen LogP contribution in [-0.2, 0) is 6.18 Å². The van der Waals surface area contributed by atoms with Crippen molar-refractivity contribution in [1.82, 2.24) is 15.2 Å². The quantitative estimate of drug-likeness (QED) is 0.497. The van der Waals surface area contributed by atoms with Gasteiger partial charge in [-0.3, -0.25) is 0 Å². The highest BCUT2D eigenvalue weighted by Gasteiger charge is 2.30. The van der Waals surface area contributed by atoms with Crippen molar-refractivity contribution in [1.29, 1.82) is 0 Å². The van der Waals surface area contributed by atoms with Crippen LogP contribution in [0.15, 0.2) is 46.2 Å². The number of nitrogen functional groups attached to an aromatic ring is 1. The van der Waals surface area contributed by atoms with Gasteiger partial charge in [-0.25, -0.2) is 5.10 Å². The third-order valence-electron chi connectivity index (χ3n) is 3.62. The Balaban J connectivity index is 0.00000136. The van der Waals surface area contributed by atoms with Gasteiger partial charge in [0.15, 0.2) is 0 Å². The number of halogens is 3. The summed E-state index contributed by atoms with van der Waals surface area (Å²) >= 11 is 1.43. The van der Waals surface area contributed by atoms with Gasteiger partial charge < -0.3 is 11.1 Å². The highest BCUT2D eigenvalue weighted by molar-refractivity contribution is 7.99. The fraction of sp³-hybridized carbons (Fsp3) is 0.263. The van der Waals surface area contributed by atoms with E-state index < -0.39 is 11.7 Å². The number of hydrogen-bond donors (Lipinski definition) is 3. The third-order valence-corrected chi connectivity index (χ3v) is 4.98. The highest BCUT2D eigenvalue weighted by Crippen LogP contribution is 2.37. The largest absolute Gasteiger partial charge is 0.416 e. The van der Waals surface area contributed by atoms with Gasteiger partial charge >= 0.3 is 6.18 Å². The van der Waals surface area contributed by atoms with E-state index in [1.54, 1.807) is 0 Å². The van der Waals surface area contributed by atoms with Crippen LogP contribution in [0, 0.1) is 13.8 Å². The van der Waals surface area contributed by atoms with Gasteiger partial charge in [0, 0.05) is 15.5 Å². The molecule has 1 heterocycles. The van der Waals surface area contributed by atoms with Crippen molar-refractivity contribution in [3.63, 3.8) is 0 Å². The molecule has 5 nitrogen and oxygen atoms in total. The summed E-state index contributed by atoms with van der Waals surface area (Å²) in [6, 6.07) is 9.00. The second-order valence-electron chi connectivity index (χ2n) is 5.73. The van der Waals surface area contributed by atoms with Crippen LogP contribution in [0.3, 0.4) is 0 Å². The monoisotopic (exact) mass is 409 g/mol. The van der Waals surface area contributed by atoms with Crippen LogP contribution < -0.4 is 11.1 Å². The average Bonchev–Trinajstić information content (AvgIpc) is 3.04. The molecule has 3 rings (SSSR count). The maximum absolute atomic E-state index is 12.7. The van der Waals surface area contributed by atoms with E-state index in [0.717, 1.165) is 38.7 Å². The van der Waals surface area contributed by atoms with Crippen LogP contribution in [0.25, 0.3) is 0 Å². The second-order valence-corrected chi connectivity index (χ2v) is 6.82. The van der Waals surface area contributed by atoms with Crippen LogP contribution >= 0.6 is 11.8 Å². The van der Waals surface area contributed by atoms with Gasteiger partial charge in [0.1, 0.15) is 0 Å². The Kier molecular flexibility index (Phi) is 6.95. The van der Waals surface area contributed by atoms with Crippen molar-refractivity contribution in [2.24, 2.45) is 0 Å². The van der Waals surface area contributed by atoms with Gasteiger partial charge in [0.05, 0.1) is 5.56 Å². The van der Waals surface area contributed by atoms with Crippen LogP contribution in [0.5, 0.6) is 0 Å². The van der Waals surface area contributed by atoms with E-state index in [1.807, 2.05) is 39.8 Å². The number of alkyl halides is 3. The second kappa shape index (κ2) is 9.01. The van der Waals surface area contributed by atoms with Crippen molar-refractivity contribution in [2.45, 2.75) is 43.7 Å². The van der Waals surface area contributed by atoms with Gasteiger partial charge in [-0.05, 0) is 61.4 Å². The van der Waals surface area contributed by atoms with Gasteiger partial charge in [0.25, 0.3) is 0 Å². The molecular weight excluding hydrogens is 387 g/mol. The van der Waals surface area contributed by atoms with E-state index in [9.17, 15) is 13.2 Å². The lowest BCUT2D eigenvalue weighted by Crippen LogP contribution is -2.03. The molecule has 0 radical (unpaired) electrons. The van der Waals surface area contributed by atoms with Crippen molar-refractivity contribution < 1.29 is 13.2 Å². The molecule has 0 saturated heterocycles. The van der Waals surface area contributed by atoms with Gasteiger partial charge in [0.2, 0.25) is 11.9 Å². The van der Waals surface area contributed by atoms with E-state index in [-0.39, 0.29) is 5.95 Å². The molecule has 0 aliphatic carbocycles. The molecule has 1 aromatic heterocycles. The first-order valence-corrected chi connectivity index (χ1v) is 9.45. The summed E-state index contributed by atoms with van der Waals surface area (Å²) in [6.45, 7) is 7.88. The SMILES string of the molecule is CC.Cc1cc(Nc2n[nH]c(N)n2)cc(C)c1Sc1ccc(C(F)(F)F)cc1. The lowest BCUT2D eigenvalue weighted by Gasteiger charge is -2.13. The molecule has 0 unspecified atom stereocenters. The molecule has 2 aromatic carbocycles. The zero-order chi connectivity index (χ0) is 20.9. The molecular formula is C19H22F3N5S. The summed E-state index contributed by atoms with van der Waals surface area (Å²) in [4.78, 5) is 5.72. The Labute approximate surface area is 166 Å². The lowest BCUT2D eigenvalue weighted by molar-refractivity contribution is -0.137. The lowest BCUT2D eigenvalue weighted by atomic mass is 10.1. The first kappa shape index (κ1) is 21.6. The molecule has 4 N–H and O–H groups in total. The predicted octanol–water partition coefficient (Wildman–Crippen LogP) is 5.94. The summed E-state index contributed by atoms with van der Waals surface area (Å²) in [5, 5.41) is 9.52. The Morgan fingerprint density at radius 3 is 2.07 bits per heavy atom. The number of nitrogens with zero attached hydrogens (tertiary/aromatic N) is 2. The highest BCUT2D eigenvalue weighted by atomic mass is 32.2. The molecule has 0 aliphatic rings. The Morgan fingerprint density at radius 1 is 1.04 bits per heavy atom. The number of aromatic amines is 1. The molecule has 0 amide bonds. The number of nitrogens with one attached hydrogen (secondary N) is 2. The number of hydrogen-bond acceptors (Lipinski definition) is 5. The molecule has 28 heavy (non-hydrogen) atoms. The fourth-order valence-electron chi connectivity index (χ4n) is 2.47. The molecule has 0 atom stereocenters. The van der Waals surface area contributed by atoms with Gasteiger partial charge in [-0.2, -0.15) is 18.2 Å². The number of anilines is 3. The topological polar surface area (TPSA) is 79.6 Å². The fourth-order valence-corrected chi connectivity index (χ4v) is 3.42. The smallest absolute Gasteiger partial charge is 0.368 e. The molecule has 0 fully saturated rings. The molecule has 3 aromatic rings. The number of rotatable bonds is 4. The van der Waals surface area contributed by atoms with Crippen molar-refractivity contribution in [3.8, 4) is 0 Å². The van der Waals surface area contributed by atoms with E-state index in [4.69, 9.17) is 5.73 Å². The molecule has 0 bridgehead atoms. The molecule has 0 aliphatic heterocycles. The van der Waals surface area contributed by atoms with E-state index in [0.29, 0.717) is 5.95 Å². The van der Waals surface area contributed by atoms with Crippen molar-refractivity contribution in [2.75, 3.05) is 11.1 Å². The minimum Gasteiger partial charge on any atom is -0.368 e. The van der Waals surface area contributed by atoms with Crippen LogP contribution in [0.1, 0.15) is 30.5 Å². The van der Waals surface area contributed by atoms with Gasteiger partial charge in [-0.15, -0.1) is 5.10 Å². The average molecular weight is 409 g/mol. The minimum absolute atomic E-state index is 0.218. The summed E-state index contributed by atoms with van der Waals surface area (Å²) in [7, 11) is 0. The van der Waals surface area contributed by atoms with Crippen LogP contribution in [0.4, 0.5) is 30.8 Å². The summed E-state index contributed by atoms with van der Waals surface area (Å²) in [6.07, 6.45) is -4.33. The molecule has 9 heteroatoms. The van der Waals surface area contributed by atoms with E-state index in [2.05, 4.69) is 20.5 Å². The van der Waals surface area contributed by atoms with E-state index >= 15 is 0 Å². The predicted molar refractivity (Wildman–Crippen MR) is 107 cm³/mol. The number of nitrogens with two attached hydrogens (primary N) is 1. The van der Waals surface area contributed by atoms with Gasteiger partial charge in [-0.1, -0.05) is 25.6 Å². The first-order valence-electron chi connectivity index (χ1n) is 8.63. The zero-order valence-electron chi connectivity index (χ0n) is 16.0. The molecule has 0 saturated carbocycles.